The Morgan fingerprint density at radius 2 is 1.83 bits per heavy atom. The molecule has 3 nitrogen and oxygen atoms in total. The van der Waals surface area contributed by atoms with Crippen molar-refractivity contribution >= 4 is 5.97 Å². The van der Waals surface area contributed by atoms with E-state index >= 15 is 0 Å². The monoisotopic (exact) mass is 412 g/mol. The van der Waals surface area contributed by atoms with Crippen molar-refractivity contribution in [2.24, 2.45) is 5.92 Å². The lowest BCUT2D eigenvalue weighted by Gasteiger charge is -2.29. The summed E-state index contributed by atoms with van der Waals surface area (Å²) in [4.78, 5) is 12.7. The van der Waals surface area contributed by atoms with Gasteiger partial charge in [0.1, 0.15) is 6.10 Å². The second-order valence-electron chi connectivity index (χ2n) is 8.34. The quantitative estimate of drug-likeness (QED) is 0.464. The second kappa shape index (κ2) is 9.86. The number of hydrogen-bond donors (Lipinski definition) is 0. The highest BCUT2D eigenvalue weighted by Crippen LogP contribution is 2.39. The van der Waals surface area contributed by atoms with E-state index < -0.39 is 23.8 Å². The van der Waals surface area contributed by atoms with Crippen LogP contribution in [-0.2, 0) is 11.2 Å². The third kappa shape index (κ3) is 5.07. The maximum Gasteiger partial charge on any atom is 0.339 e. The molecule has 1 fully saturated rings. The number of halogens is 3. The summed E-state index contributed by atoms with van der Waals surface area (Å²) in [6.07, 6.45) is 4.91. The van der Waals surface area contributed by atoms with Gasteiger partial charge in [-0.2, -0.15) is 0 Å². The molecule has 1 aliphatic carbocycles. The first kappa shape index (κ1) is 22.0. The van der Waals surface area contributed by atoms with Crippen molar-refractivity contribution in [1.29, 1.82) is 0 Å². The lowest BCUT2D eigenvalue weighted by Crippen LogP contribution is -2.27. The predicted octanol–water partition coefficient (Wildman–Crippen LogP) is 6.77. The average molecular weight is 412 g/mol. The number of ether oxygens (including phenoxy) is 2. The van der Waals surface area contributed by atoms with Crippen LogP contribution in [-0.4, -0.2) is 18.2 Å². The molecule has 0 aromatic heterocycles. The van der Waals surface area contributed by atoms with Crippen LogP contribution in [0.1, 0.15) is 99.5 Å². The standard InChI is InChI=1S/C23H31F3O3/c1-3-5-14-7-10-17(11-8-14)29-23(27)18-13-15-9-12-16(6-4-2)28-21(15)20(24)19(18)22(25)26/h13-14,16-17,22H,3-12H2,1-2H3. The molecule has 6 heteroatoms. The molecule has 1 aromatic carbocycles. The van der Waals surface area contributed by atoms with E-state index in [2.05, 4.69) is 6.92 Å². The first-order valence-corrected chi connectivity index (χ1v) is 11.0. The van der Waals surface area contributed by atoms with Crippen LogP contribution in [0.2, 0.25) is 0 Å². The average Bonchev–Trinajstić information content (AvgIpc) is 2.70. The van der Waals surface area contributed by atoms with Gasteiger partial charge < -0.3 is 9.47 Å². The minimum Gasteiger partial charge on any atom is -0.487 e. The van der Waals surface area contributed by atoms with E-state index in [9.17, 15) is 18.0 Å². The fraction of sp³-hybridized carbons (Fsp3) is 0.696. The van der Waals surface area contributed by atoms with Crippen molar-refractivity contribution in [2.45, 2.75) is 96.7 Å². The molecule has 1 aromatic rings. The number of esters is 1. The second-order valence-corrected chi connectivity index (χ2v) is 8.34. The number of benzene rings is 1. The zero-order valence-electron chi connectivity index (χ0n) is 17.3. The fourth-order valence-corrected chi connectivity index (χ4v) is 4.62. The summed E-state index contributed by atoms with van der Waals surface area (Å²) in [5.74, 6) is -1.45. The van der Waals surface area contributed by atoms with Crippen LogP contribution < -0.4 is 4.74 Å². The zero-order valence-corrected chi connectivity index (χ0v) is 17.3. The Bertz CT molecular complexity index is 712. The van der Waals surface area contributed by atoms with Gasteiger partial charge in [-0.05, 0) is 62.5 Å². The van der Waals surface area contributed by atoms with Crippen molar-refractivity contribution in [3.63, 3.8) is 0 Å². The highest BCUT2D eigenvalue weighted by Gasteiger charge is 2.33. The molecule has 1 heterocycles. The summed E-state index contributed by atoms with van der Waals surface area (Å²) in [6, 6.07) is 1.35. The van der Waals surface area contributed by atoms with E-state index in [0.29, 0.717) is 24.3 Å². The number of aryl methyl sites for hydroxylation is 1. The highest BCUT2D eigenvalue weighted by atomic mass is 19.3. The Morgan fingerprint density at radius 1 is 1.14 bits per heavy atom. The number of alkyl halides is 2. The third-order valence-corrected chi connectivity index (χ3v) is 6.17. The van der Waals surface area contributed by atoms with Gasteiger partial charge in [0.2, 0.25) is 0 Å². The molecule has 0 N–H and O–H groups in total. The predicted molar refractivity (Wildman–Crippen MR) is 105 cm³/mol. The van der Waals surface area contributed by atoms with Crippen LogP contribution in [0.5, 0.6) is 5.75 Å². The first-order chi connectivity index (χ1) is 13.9. The largest absolute Gasteiger partial charge is 0.487 e. The highest BCUT2D eigenvalue weighted by molar-refractivity contribution is 5.92. The molecule has 1 saturated carbocycles. The van der Waals surface area contributed by atoms with Gasteiger partial charge >= 0.3 is 5.97 Å². The summed E-state index contributed by atoms with van der Waals surface area (Å²) in [5, 5.41) is 0. The van der Waals surface area contributed by atoms with Gasteiger partial charge in [0.15, 0.2) is 11.6 Å². The summed E-state index contributed by atoms with van der Waals surface area (Å²) in [7, 11) is 0. The summed E-state index contributed by atoms with van der Waals surface area (Å²) in [5.41, 5.74) is -0.784. The van der Waals surface area contributed by atoms with E-state index in [0.717, 1.165) is 51.4 Å². The molecule has 3 rings (SSSR count). The molecule has 2 aliphatic rings. The van der Waals surface area contributed by atoms with Gasteiger partial charge in [-0.1, -0.05) is 33.1 Å². The minimum absolute atomic E-state index is 0.123. The number of rotatable bonds is 7. The Morgan fingerprint density at radius 3 is 2.45 bits per heavy atom. The Labute approximate surface area is 171 Å². The topological polar surface area (TPSA) is 35.5 Å². The van der Waals surface area contributed by atoms with E-state index in [1.807, 2.05) is 6.92 Å². The lowest BCUT2D eigenvalue weighted by atomic mass is 9.84. The fourth-order valence-electron chi connectivity index (χ4n) is 4.62. The van der Waals surface area contributed by atoms with Crippen molar-refractivity contribution in [2.75, 3.05) is 0 Å². The van der Waals surface area contributed by atoms with Crippen LogP contribution >= 0.6 is 0 Å². The number of fused-ring (bicyclic) bond motifs is 1. The molecule has 1 atom stereocenters. The Kier molecular flexibility index (Phi) is 7.47. The van der Waals surface area contributed by atoms with Gasteiger partial charge in [0.05, 0.1) is 17.2 Å². The van der Waals surface area contributed by atoms with Crippen molar-refractivity contribution in [3.05, 3.63) is 28.6 Å². The van der Waals surface area contributed by atoms with E-state index in [1.165, 1.54) is 6.07 Å². The maximum absolute atomic E-state index is 14.9. The minimum atomic E-state index is -3.11. The van der Waals surface area contributed by atoms with Crippen molar-refractivity contribution in [3.8, 4) is 5.75 Å². The summed E-state index contributed by atoms with van der Waals surface area (Å²) >= 11 is 0. The molecule has 0 spiro atoms. The molecule has 0 radical (unpaired) electrons. The molecule has 0 saturated heterocycles. The molecule has 0 amide bonds. The SMILES string of the molecule is CCCC1CCC(OC(=O)c2cc3c(c(F)c2C(F)F)OC(CCC)CC3)CC1. The van der Waals surface area contributed by atoms with Gasteiger partial charge in [-0.3, -0.25) is 0 Å². The van der Waals surface area contributed by atoms with E-state index in [4.69, 9.17) is 9.47 Å². The molecule has 1 aliphatic heterocycles. The number of carbonyl (C=O) groups is 1. The first-order valence-electron chi connectivity index (χ1n) is 11.0. The summed E-state index contributed by atoms with van der Waals surface area (Å²) in [6.45, 7) is 4.14. The van der Waals surface area contributed by atoms with Gasteiger partial charge in [-0.25, -0.2) is 18.0 Å². The molecule has 162 valence electrons. The van der Waals surface area contributed by atoms with Gasteiger partial charge in [0.25, 0.3) is 6.43 Å². The normalized spacial score (nSPS) is 24.1. The molecule has 29 heavy (non-hydrogen) atoms. The van der Waals surface area contributed by atoms with Gasteiger partial charge in [-0.15, -0.1) is 0 Å². The van der Waals surface area contributed by atoms with Crippen molar-refractivity contribution < 1.29 is 27.4 Å². The molecular formula is C23H31F3O3. The lowest BCUT2D eigenvalue weighted by molar-refractivity contribution is 0.0152. The van der Waals surface area contributed by atoms with Crippen LogP contribution in [0.4, 0.5) is 13.2 Å². The van der Waals surface area contributed by atoms with Crippen LogP contribution in [0, 0.1) is 11.7 Å². The van der Waals surface area contributed by atoms with Crippen molar-refractivity contribution in [1.82, 2.24) is 0 Å². The van der Waals surface area contributed by atoms with E-state index in [-0.39, 0.29) is 23.5 Å². The third-order valence-electron chi connectivity index (χ3n) is 6.17. The Hall–Kier alpha value is -1.72. The molecule has 0 bridgehead atoms. The summed E-state index contributed by atoms with van der Waals surface area (Å²) < 4.78 is 53.5. The van der Waals surface area contributed by atoms with Crippen LogP contribution in [0.3, 0.4) is 0 Å². The number of carbonyl (C=O) groups excluding carboxylic acids is 1. The maximum atomic E-state index is 14.9. The van der Waals surface area contributed by atoms with Crippen LogP contribution in [0.15, 0.2) is 6.07 Å². The zero-order chi connectivity index (χ0) is 21.0. The number of hydrogen-bond acceptors (Lipinski definition) is 3. The smallest absolute Gasteiger partial charge is 0.339 e. The van der Waals surface area contributed by atoms with E-state index in [1.54, 1.807) is 0 Å². The molecular weight excluding hydrogens is 381 g/mol. The molecule has 1 unspecified atom stereocenters. The Balaban J connectivity index is 1.78. The van der Waals surface area contributed by atoms with Gasteiger partial charge in [0, 0.05) is 0 Å². The van der Waals surface area contributed by atoms with Crippen LogP contribution in [0.25, 0.3) is 0 Å².